The van der Waals surface area contributed by atoms with Crippen LogP contribution in [-0.4, -0.2) is 112 Å². The van der Waals surface area contributed by atoms with Crippen LogP contribution in [0.2, 0.25) is 0 Å². The molecule has 0 atom stereocenters. The highest BCUT2D eigenvalue weighted by atomic mass is 32.2. The highest BCUT2D eigenvalue weighted by Crippen LogP contribution is 2.35. The maximum Gasteiger partial charge on any atom is 0.323 e. The van der Waals surface area contributed by atoms with Crippen molar-refractivity contribution in [1.82, 2.24) is 34.4 Å². The molecule has 8 aromatic rings. The summed E-state index contributed by atoms with van der Waals surface area (Å²) < 4.78 is 41.0. The van der Waals surface area contributed by atoms with E-state index in [1.807, 2.05) is 55.6 Å². The second-order valence-electron chi connectivity index (χ2n) is 15.7. The van der Waals surface area contributed by atoms with Gasteiger partial charge in [-0.3, -0.25) is 4.79 Å². The summed E-state index contributed by atoms with van der Waals surface area (Å²) in [6.07, 6.45) is 1.84. The zero-order chi connectivity index (χ0) is 46.2. The second kappa shape index (κ2) is 24.3. The zero-order valence-corrected chi connectivity index (χ0v) is 39.6. The highest BCUT2D eigenvalue weighted by Gasteiger charge is 2.16. The van der Waals surface area contributed by atoms with Crippen molar-refractivity contribution >= 4 is 61.9 Å². The van der Waals surface area contributed by atoms with Crippen molar-refractivity contribution < 1.29 is 38.3 Å². The number of thioether (sulfide) groups is 1. The van der Waals surface area contributed by atoms with E-state index in [-0.39, 0.29) is 13.2 Å². The smallest absolute Gasteiger partial charge is 0.323 e. The van der Waals surface area contributed by atoms with Crippen LogP contribution in [-0.2, 0) is 56.5 Å². The van der Waals surface area contributed by atoms with Gasteiger partial charge in [0.15, 0.2) is 16.7 Å². The number of aryl methyl sites for hydroxylation is 2. The first-order valence-electron chi connectivity index (χ1n) is 22.6. The summed E-state index contributed by atoms with van der Waals surface area (Å²) in [5.41, 5.74) is 8.24. The van der Waals surface area contributed by atoms with E-state index in [0.717, 1.165) is 36.2 Å². The first kappa shape index (κ1) is 47.7. The van der Waals surface area contributed by atoms with Crippen LogP contribution in [0.3, 0.4) is 0 Å². The fourth-order valence-electron chi connectivity index (χ4n) is 7.81. The van der Waals surface area contributed by atoms with Crippen LogP contribution in [0.1, 0.15) is 23.7 Å². The summed E-state index contributed by atoms with van der Waals surface area (Å²) in [7, 11) is 0. The number of nitrogens with one attached hydrogen (secondary N) is 1. The number of benzene rings is 4. The lowest BCUT2D eigenvalue weighted by Crippen LogP contribution is -2.20. The largest absolute Gasteiger partial charge is 0.489 e. The van der Waals surface area contributed by atoms with Crippen molar-refractivity contribution in [3.8, 4) is 21.9 Å². The molecule has 0 spiro atoms. The molecule has 0 fully saturated rings. The number of carbonyl (C=O) groups is 1. The van der Waals surface area contributed by atoms with E-state index in [9.17, 15) is 9.90 Å². The third-order valence-corrected chi connectivity index (χ3v) is 12.9. The van der Waals surface area contributed by atoms with E-state index in [1.165, 1.54) is 49.6 Å². The summed E-state index contributed by atoms with van der Waals surface area (Å²) in [6, 6.07) is 31.2. The Morgan fingerprint density at radius 1 is 0.776 bits per heavy atom. The Kier molecular flexibility index (Phi) is 17.3. The lowest BCUT2D eigenvalue weighted by atomic mass is 10.1. The minimum atomic E-state index is -0.920. The normalized spacial score (nSPS) is 11.7. The van der Waals surface area contributed by atoms with E-state index >= 15 is 0 Å². The number of carboxylic acid groups (broad SMARTS) is 1. The molecule has 0 amide bonds. The molecule has 0 aliphatic carbocycles. The quantitative estimate of drug-likeness (QED) is 0.0341. The van der Waals surface area contributed by atoms with Crippen molar-refractivity contribution in [3.05, 3.63) is 119 Å². The number of fused-ring (bicyclic) bond motifs is 4. The summed E-state index contributed by atoms with van der Waals surface area (Å²) in [4.78, 5) is 17.4. The molecular formula is C50H57N7O8S2. The molecule has 0 aliphatic rings. The third-order valence-electron chi connectivity index (χ3n) is 11.0. The molecular weight excluding hydrogens is 891 g/mol. The van der Waals surface area contributed by atoms with Gasteiger partial charge in [0.05, 0.1) is 83.2 Å². The highest BCUT2D eigenvalue weighted by molar-refractivity contribution is 7.99. The molecule has 4 heterocycles. The van der Waals surface area contributed by atoms with Gasteiger partial charge in [-0.25, -0.2) is 9.67 Å². The zero-order valence-electron chi connectivity index (χ0n) is 37.9. The number of para-hydroxylation sites is 3. The predicted octanol–water partition coefficient (Wildman–Crippen LogP) is 8.48. The summed E-state index contributed by atoms with van der Waals surface area (Å²) >= 11 is 3.23. The summed E-state index contributed by atoms with van der Waals surface area (Å²) in [5, 5.41) is 26.8. The Morgan fingerprint density at radius 3 is 2.37 bits per heavy atom. The number of thiophene rings is 1. The molecule has 0 saturated carbocycles. The Bertz CT molecular complexity index is 2820. The van der Waals surface area contributed by atoms with Crippen molar-refractivity contribution in [3.63, 3.8) is 0 Å². The number of aromatic nitrogens is 6. The molecule has 4 aromatic carbocycles. The standard InChI is InChI=1S/C50H57N7O8S2/c1-3-56-43-16-13-37(30-41(43)40-15-14-38(31-45(40)56)47-12-7-28-66-47)32-51-17-19-60-21-23-62-25-26-63-24-22-61-20-18-55-33-39(53-54-55)35-65-46-11-6-8-36(2)49(46)64-27-29-67-50-52-42-9-4-5-10-44(42)57(50)34-48(58)59/h4-16,28,30-31,33,51H,3,17-27,29,32,34-35H2,1-2H3,(H,58,59). The molecule has 4 aromatic heterocycles. The molecule has 0 unspecified atom stereocenters. The average Bonchev–Trinajstić information content (AvgIpc) is 4.16. The Labute approximate surface area is 397 Å². The van der Waals surface area contributed by atoms with Crippen LogP contribution in [0, 0.1) is 6.92 Å². The van der Waals surface area contributed by atoms with Crippen LogP contribution in [0.4, 0.5) is 0 Å². The first-order chi connectivity index (χ1) is 32.9. The number of imidazole rings is 1. The lowest BCUT2D eigenvalue weighted by Gasteiger charge is -2.14. The minimum Gasteiger partial charge on any atom is -0.489 e. The lowest BCUT2D eigenvalue weighted by molar-refractivity contribution is -0.137. The van der Waals surface area contributed by atoms with E-state index < -0.39 is 5.97 Å². The third kappa shape index (κ3) is 12.8. The number of carboxylic acids is 1. The van der Waals surface area contributed by atoms with Gasteiger partial charge in [0.1, 0.15) is 18.8 Å². The van der Waals surface area contributed by atoms with Crippen LogP contribution < -0.4 is 14.8 Å². The average molecular weight is 948 g/mol. The maximum absolute atomic E-state index is 11.5. The van der Waals surface area contributed by atoms with Gasteiger partial charge in [-0.05, 0) is 78.4 Å². The molecule has 67 heavy (non-hydrogen) atoms. The Balaban J connectivity index is 0.638. The predicted molar refractivity (Wildman–Crippen MR) is 263 cm³/mol. The van der Waals surface area contributed by atoms with Gasteiger partial charge in [0.2, 0.25) is 0 Å². The number of rotatable bonds is 29. The van der Waals surface area contributed by atoms with Gasteiger partial charge < -0.3 is 48.0 Å². The van der Waals surface area contributed by atoms with Crippen LogP contribution in [0.25, 0.3) is 43.3 Å². The molecule has 0 radical (unpaired) electrons. The monoisotopic (exact) mass is 947 g/mol. The van der Waals surface area contributed by atoms with Crippen LogP contribution in [0.5, 0.6) is 11.5 Å². The molecule has 352 valence electrons. The van der Waals surface area contributed by atoms with Gasteiger partial charge >= 0.3 is 5.97 Å². The van der Waals surface area contributed by atoms with Crippen LogP contribution >= 0.6 is 23.1 Å². The van der Waals surface area contributed by atoms with Gasteiger partial charge in [0, 0.05) is 52.1 Å². The molecule has 8 rings (SSSR count). The maximum atomic E-state index is 11.5. The molecule has 0 saturated heterocycles. The van der Waals surface area contributed by atoms with Gasteiger partial charge in [-0.1, -0.05) is 65.5 Å². The first-order valence-corrected chi connectivity index (χ1v) is 24.5. The van der Waals surface area contributed by atoms with E-state index in [1.54, 1.807) is 20.6 Å². The number of aliphatic carboxylic acids is 1. The van der Waals surface area contributed by atoms with E-state index in [0.29, 0.717) is 94.1 Å². The number of hydrogen-bond acceptors (Lipinski definition) is 13. The molecule has 17 heteroatoms. The number of nitrogens with zero attached hydrogens (tertiary/aromatic N) is 6. The van der Waals surface area contributed by atoms with Crippen molar-refractivity contribution in [1.29, 1.82) is 0 Å². The topological polar surface area (TPSA) is 158 Å². The molecule has 0 bridgehead atoms. The second-order valence-corrected chi connectivity index (χ2v) is 17.7. The fraction of sp³-hybridized carbons (Fsp3) is 0.360. The van der Waals surface area contributed by atoms with Crippen LogP contribution in [0.15, 0.2) is 108 Å². The molecule has 2 N–H and O–H groups in total. The molecule has 0 aliphatic heterocycles. The minimum absolute atomic E-state index is 0.160. The fourth-order valence-corrected chi connectivity index (χ4v) is 9.36. The molecule has 15 nitrogen and oxygen atoms in total. The van der Waals surface area contributed by atoms with Gasteiger partial charge in [-0.2, -0.15) is 0 Å². The van der Waals surface area contributed by atoms with Crippen molar-refractivity contribution in [2.24, 2.45) is 0 Å². The SMILES string of the molecule is CCn1c2ccc(CNCCOCCOCCOCCOCCn3cc(COc4cccc(C)c4OCCSc4nc5ccccc5n4CC(=O)O)nn3)cc2c2ccc(-c3cccs3)cc21. The van der Waals surface area contributed by atoms with E-state index in [2.05, 4.69) is 86.0 Å². The number of ether oxygens (including phenoxy) is 6. The summed E-state index contributed by atoms with van der Waals surface area (Å²) in [6.45, 7) is 11.7. The van der Waals surface area contributed by atoms with Crippen molar-refractivity contribution in [2.45, 2.75) is 51.8 Å². The van der Waals surface area contributed by atoms with E-state index in [4.69, 9.17) is 28.4 Å². The van der Waals surface area contributed by atoms with Gasteiger partial charge in [0.25, 0.3) is 0 Å². The Morgan fingerprint density at radius 2 is 1.58 bits per heavy atom. The number of hydrogen-bond donors (Lipinski definition) is 2. The van der Waals surface area contributed by atoms with Gasteiger partial charge in [-0.15, -0.1) is 16.4 Å². The van der Waals surface area contributed by atoms with Crippen molar-refractivity contribution in [2.75, 3.05) is 71.8 Å². The summed E-state index contributed by atoms with van der Waals surface area (Å²) in [5.74, 6) is 0.891. The Hall–Kier alpha value is -5.79.